The van der Waals surface area contributed by atoms with E-state index in [4.69, 9.17) is 4.52 Å². The number of anilines is 1. The molecule has 0 aliphatic heterocycles. The van der Waals surface area contributed by atoms with Crippen molar-refractivity contribution in [1.82, 2.24) is 5.16 Å². The van der Waals surface area contributed by atoms with E-state index >= 15 is 0 Å². The molecule has 18 heavy (non-hydrogen) atoms. The van der Waals surface area contributed by atoms with Crippen LogP contribution in [-0.2, 0) is 10.0 Å². The van der Waals surface area contributed by atoms with Gasteiger partial charge in [-0.05, 0) is 12.0 Å². The Bertz CT molecular complexity index is 605. The Balaban J connectivity index is 2.30. The Kier molecular flexibility index (Phi) is 3.66. The van der Waals surface area contributed by atoms with Crippen LogP contribution in [0.15, 0.2) is 41.1 Å². The molecule has 96 valence electrons. The smallest absolute Gasteiger partial charge is 0.245 e. The van der Waals surface area contributed by atoms with E-state index in [1.54, 1.807) is 6.92 Å². The van der Waals surface area contributed by atoms with Crippen molar-refractivity contribution < 1.29 is 12.9 Å². The van der Waals surface area contributed by atoms with Gasteiger partial charge in [-0.2, -0.15) is 0 Å². The molecule has 0 saturated heterocycles. The zero-order chi connectivity index (χ0) is 13.0. The van der Waals surface area contributed by atoms with Crippen LogP contribution >= 0.6 is 0 Å². The van der Waals surface area contributed by atoms with E-state index in [0.29, 0.717) is 12.0 Å². The molecular formula is C12H14N2O3S. The standard InChI is InChI=1S/C12H14N2O3S/c1-2-8-18(15,16)14-12-11(9-13-17-12)10-6-4-3-5-7-10/h3-7,9,14H,2,8H2,1H3. The van der Waals surface area contributed by atoms with Gasteiger partial charge in [-0.25, -0.2) is 8.42 Å². The van der Waals surface area contributed by atoms with E-state index in [0.717, 1.165) is 5.56 Å². The highest BCUT2D eigenvalue weighted by molar-refractivity contribution is 7.92. The number of rotatable bonds is 5. The van der Waals surface area contributed by atoms with Crippen LogP contribution in [0.2, 0.25) is 0 Å². The molecule has 1 aromatic carbocycles. The van der Waals surface area contributed by atoms with Gasteiger partial charge in [0.1, 0.15) is 0 Å². The number of aromatic nitrogens is 1. The summed E-state index contributed by atoms with van der Waals surface area (Å²) < 4.78 is 30.7. The van der Waals surface area contributed by atoms with Gasteiger partial charge in [0, 0.05) is 0 Å². The molecule has 0 atom stereocenters. The van der Waals surface area contributed by atoms with Crippen LogP contribution in [0.4, 0.5) is 5.88 Å². The molecule has 0 saturated carbocycles. The SMILES string of the molecule is CCCS(=O)(=O)Nc1oncc1-c1ccccc1. The summed E-state index contributed by atoms with van der Waals surface area (Å²) in [5.41, 5.74) is 1.49. The number of nitrogens with zero attached hydrogens (tertiary/aromatic N) is 1. The van der Waals surface area contributed by atoms with Gasteiger partial charge < -0.3 is 4.52 Å². The Morgan fingerprint density at radius 1 is 1.28 bits per heavy atom. The van der Waals surface area contributed by atoms with Crippen molar-refractivity contribution in [3.8, 4) is 11.1 Å². The lowest BCUT2D eigenvalue weighted by Crippen LogP contribution is -2.16. The van der Waals surface area contributed by atoms with E-state index < -0.39 is 10.0 Å². The number of benzene rings is 1. The monoisotopic (exact) mass is 266 g/mol. The summed E-state index contributed by atoms with van der Waals surface area (Å²) in [4.78, 5) is 0. The first kappa shape index (κ1) is 12.6. The minimum Gasteiger partial charge on any atom is -0.337 e. The molecule has 0 spiro atoms. The van der Waals surface area contributed by atoms with Crippen LogP contribution < -0.4 is 4.72 Å². The van der Waals surface area contributed by atoms with Crippen molar-refractivity contribution >= 4 is 15.9 Å². The number of nitrogens with one attached hydrogen (secondary N) is 1. The van der Waals surface area contributed by atoms with Gasteiger partial charge in [0.25, 0.3) is 0 Å². The third kappa shape index (κ3) is 2.89. The summed E-state index contributed by atoms with van der Waals surface area (Å²) in [6, 6.07) is 9.35. The molecule has 0 amide bonds. The first-order valence-electron chi connectivity index (χ1n) is 5.63. The Labute approximate surface area is 106 Å². The van der Waals surface area contributed by atoms with Crippen LogP contribution in [-0.4, -0.2) is 19.3 Å². The molecule has 0 radical (unpaired) electrons. The van der Waals surface area contributed by atoms with Crippen LogP contribution in [0.3, 0.4) is 0 Å². The molecule has 1 heterocycles. The summed E-state index contributed by atoms with van der Waals surface area (Å²) in [5, 5.41) is 3.64. The first-order valence-corrected chi connectivity index (χ1v) is 7.28. The Morgan fingerprint density at radius 2 is 2.00 bits per heavy atom. The quantitative estimate of drug-likeness (QED) is 0.902. The fraction of sp³-hybridized carbons (Fsp3) is 0.250. The zero-order valence-corrected chi connectivity index (χ0v) is 10.8. The minimum absolute atomic E-state index is 0.0575. The predicted molar refractivity (Wildman–Crippen MR) is 69.6 cm³/mol. The summed E-state index contributed by atoms with van der Waals surface area (Å²) in [5.74, 6) is 0.219. The van der Waals surface area contributed by atoms with Crippen molar-refractivity contribution in [2.24, 2.45) is 0 Å². The summed E-state index contributed by atoms with van der Waals surface area (Å²) in [6.45, 7) is 1.80. The van der Waals surface area contributed by atoms with Crippen LogP contribution in [0.5, 0.6) is 0 Å². The molecule has 6 heteroatoms. The van der Waals surface area contributed by atoms with Gasteiger partial charge in [0.2, 0.25) is 15.9 Å². The third-order valence-corrected chi connectivity index (χ3v) is 3.82. The molecule has 1 aromatic heterocycles. The lowest BCUT2D eigenvalue weighted by molar-refractivity contribution is 0.435. The molecule has 5 nitrogen and oxygen atoms in total. The van der Waals surface area contributed by atoms with Crippen molar-refractivity contribution in [2.75, 3.05) is 10.5 Å². The van der Waals surface area contributed by atoms with E-state index in [1.807, 2.05) is 30.3 Å². The normalized spacial score (nSPS) is 11.4. The Hall–Kier alpha value is -1.82. The largest absolute Gasteiger partial charge is 0.337 e. The van der Waals surface area contributed by atoms with Gasteiger partial charge >= 0.3 is 0 Å². The first-order chi connectivity index (χ1) is 8.62. The summed E-state index contributed by atoms with van der Waals surface area (Å²) in [6.07, 6.45) is 2.04. The maximum atomic E-state index is 11.7. The zero-order valence-electron chi connectivity index (χ0n) is 9.96. The summed E-state index contributed by atoms with van der Waals surface area (Å²) in [7, 11) is -3.37. The third-order valence-electron chi connectivity index (χ3n) is 2.38. The second kappa shape index (κ2) is 5.22. The second-order valence-corrected chi connectivity index (χ2v) is 5.70. The molecule has 2 rings (SSSR count). The Morgan fingerprint density at radius 3 is 2.67 bits per heavy atom. The maximum Gasteiger partial charge on any atom is 0.245 e. The number of sulfonamides is 1. The van der Waals surface area contributed by atoms with E-state index in [-0.39, 0.29) is 11.6 Å². The molecule has 0 aliphatic carbocycles. The fourth-order valence-corrected chi connectivity index (χ4v) is 2.67. The molecule has 2 aromatic rings. The van der Waals surface area contributed by atoms with Crippen LogP contribution in [0, 0.1) is 0 Å². The molecule has 0 unspecified atom stereocenters. The summed E-state index contributed by atoms with van der Waals surface area (Å²) >= 11 is 0. The average Bonchev–Trinajstić information content (AvgIpc) is 2.77. The maximum absolute atomic E-state index is 11.7. The van der Waals surface area contributed by atoms with Crippen molar-refractivity contribution in [1.29, 1.82) is 0 Å². The molecular weight excluding hydrogens is 252 g/mol. The highest BCUT2D eigenvalue weighted by Gasteiger charge is 2.16. The lowest BCUT2D eigenvalue weighted by Gasteiger charge is -2.05. The van der Waals surface area contributed by atoms with E-state index in [2.05, 4.69) is 9.88 Å². The van der Waals surface area contributed by atoms with Gasteiger partial charge in [-0.15, -0.1) is 0 Å². The lowest BCUT2D eigenvalue weighted by atomic mass is 10.1. The fourth-order valence-electron chi connectivity index (χ4n) is 1.60. The van der Waals surface area contributed by atoms with Gasteiger partial charge in [0.05, 0.1) is 17.5 Å². The average molecular weight is 266 g/mol. The van der Waals surface area contributed by atoms with E-state index in [1.165, 1.54) is 6.20 Å². The molecule has 0 bridgehead atoms. The highest BCUT2D eigenvalue weighted by atomic mass is 32.2. The predicted octanol–water partition coefficient (Wildman–Crippen LogP) is 2.49. The minimum atomic E-state index is -3.37. The molecule has 1 N–H and O–H groups in total. The van der Waals surface area contributed by atoms with Crippen LogP contribution in [0.25, 0.3) is 11.1 Å². The number of hydrogen-bond donors (Lipinski definition) is 1. The van der Waals surface area contributed by atoms with E-state index in [9.17, 15) is 8.42 Å². The van der Waals surface area contributed by atoms with Crippen molar-refractivity contribution in [3.63, 3.8) is 0 Å². The van der Waals surface area contributed by atoms with Crippen molar-refractivity contribution in [3.05, 3.63) is 36.5 Å². The topological polar surface area (TPSA) is 72.2 Å². The molecule has 0 fully saturated rings. The number of hydrogen-bond acceptors (Lipinski definition) is 4. The highest BCUT2D eigenvalue weighted by Crippen LogP contribution is 2.28. The van der Waals surface area contributed by atoms with Gasteiger partial charge in [-0.1, -0.05) is 42.4 Å². The van der Waals surface area contributed by atoms with Crippen LogP contribution in [0.1, 0.15) is 13.3 Å². The molecule has 0 aliphatic rings. The second-order valence-electron chi connectivity index (χ2n) is 3.86. The van der Waals surface area contributed by atoms with Gasteiger partial charge in [0.15, 0.2) is 0 Å². The van der Waals surface area contributed by atoms with Gasteiger partial charge in [-0.3, -0.25) is 4.72 Å². The van der Waals surface area contributed by atoms with Crippen molar-refractivity contribution in [2.45, 2.75) is 13.3 Å².